The van der Waals surface area contributed by atoms with Gasteiger partial charge in [0.15, 0.2) is 17.3 Å². The van der Waals surface area contributed by atoms with Crippen molar-refractivity contribution in [3.05, 3.63) is 18.2 Å². The van der Waals surface area contributed by atoms with Crippen LogP contribution in [0.2, 0.25) is 0 Å². The molecule has 0 spiro atoms. The van der Waals surface area contributed by atoms with Gasteiger partial charge in [0.2, 0.25) is 6.79 Å². The number of anilines is 1. The molecule has 0 bridgehead atoms. The van der Waals surface area contributed by atoms with E-state index < -0.39 is 12.0 Å². The smallest absolute Gasteiger partial charge is 0.319 e. The van der Waals surface area contributed by atoms with Crippen LogP contribution in [0, 0.1) is 0 Å². The van der Waals surface area contributed by atoms with E-state index in [9.17, 15) is 14.4 Å². The predicted octanol–water partition coefficient (Wildman–Crippen LogP) is 0.971. The van der Waals surface area contributed by atoms with Crippen molar-refractivity contribution in [3.8, 4) is 11.5 Å². The van der Waals surface area contributed by atoms with Gasteiger partial charge in [-0.1, -0.05) is 0 Å². The van der Waals surface area contributed by atoms with E-state index in [2.05, 4.69) is 10.6 Å². The molecule has 1 aliphatic rings. The van der Waals surface area contributed by atoms with Crippen molar-refractivity contribution >= 4 is 23.5 Å². The van der Waals surface area contributed by atoms with Gasteiger partial charge in [-0.05, 0) is 12.1 Å². The molecule has 0 atom stereocenters. The van der Waals surface area contributed by atoms with Gasteiger partial charge in [0.05, 0.1) is 13.0 Å². The van der Waals surface area contributed by atoms with Crippen molar-refractivity contribution in [1.82, 2.24) is 5.32 Å². The Morgan fingerprint density at radius 2 is 1.90 bits per heavy atom. The van der Waals surface area contributed by atoms with Crippen LogP contribution in [-0.4, -0.2) is 36.2 Å². The number of carboxylic acid groups (broad SMARTS) is 1. The van der Waals surface area contributed by atoms with Gasteiger partial charge in [-0.2, -0.15) is 0 Å². The van der Waals surface area contributed by atoms with Crippen LogP contribution in [0.5, 0.6) is 11.5 Å². The normalized spacial score (nSPS) is 11.8. The molecule has 0 radical (unpaired) electrons. The SMILES string of the molecule is O=C(O)CCC(=O)CNC(=O)Nc1ccc2c(c1)OCO2. The topological polar surface area (TPSA) is 114 Å². The summed E-state index contributed by atoms with van der Waals surface area (Å²) < 4.78 is 10.3. The van der Waals surface area contributed by atoms with E-state index in [1.165, 1.54) is 0 Å². The van der Waals surface area contributed by atoms with Crippen LogP contribution in [0.25, 0.3) is 0 Å². The van der Waals surface area contributed by atoms with Gasteiger partial charge in [-0.15, -0.1) is 0 Å². The molecule has 8 heteroatoms. The Morgan fingerprint density at radius 1 is 1.14 bits per heavy atom. The standard InChI is InChI=1S/C13H14N2O6/c16-9(2-4-12(17)18)6-14-13(19)15-8-1-3-10-11(5-8)21-7-20-10/h1,3,5H,2,4,6-7H2,(H,17,18)(H2,14,15,19). The Kier molecular flexibility index (Phi) is 4.60. The maximum Gasteiger partial charge on any atom is 0.319 e. The number of nitrogens with one attached hydrogen (secondary N) is 2. The average molecular weight is 294 g/mol. The van der Waals surface area contributed by atoms with Gasteiger partial charge in [-0.3, -0.25) is 9.59 Å². The summed E-state index contributed by atoms with van der Waals surface area (Å²) in [6, 6.07) is 4.35. The van der Waals surface area contributed by atoms with Crippen molar-refractivity contribution in [2.75, 3.05) is 18.7 Å². The molecule has 21 heavy (non-hydrogen) atoms. The number of hydrogen-bond donors (Lipinski definition) is 3. The van der Waals surface area contributed by atoms with Crippen molar-refractivity contribution in [2.24, 2.45) is 0 Å². The van der Waals surface area contributed by atoms with Crippen LogP contribution in [0.3, 0.4) is 0 Å². The predicted molar refractivity (Wildman–Crippen MR) is 71.5 cm³/mol. The quantitative estimate of drug-likeness (QED) is 0.720. The number of hydrogen-bond acceptors (Lipinski definition) is 5. The molecule has 0 saturated carbocycles. The number of aliphatic carboxylic acids is 1. The first-order chi connectivity index (χ1) is 10.0. The number of rotatable bonds is 6. The van der Waals surface area contributed by atoms with Crippen LogP contribution in [0.4, 0.5) is 10.5 Å². The second-order valence-electron chi connectivity index (χ2n) is 4.31. The minimum Gasteiger partial charge on any atom is -0.481 e. The first-order valence-corrected chi connectivity index (χ1v) is 6.22. The summed E-state index contributed by atoms with van der Waals surface area (Å²) in [6.07, 6.45) is -0.357. The Labute approximate surface area is 120 Å². The molecule has 3 N–H and O–H groups in total. The Bertz CT molecular complexity index is 572. The molecule has 1 aliphatic heterocycles. The largest absolute Gasteiger partial charge is 0.481 e. The number of Topliss-reactive ketones (excluding diaryl/α,β-unsaturated/α-hetero) is 1. The number of ketones is 1. The zero-order chi connectivity index (χ0) is 15.2. The zero-order valence-corrected chi connectivity index (χ0v) is 11.0. The molecule has 0 saturated heterocycles. The Morgan fingerprint density at radius 3 is 2.67 bits per heavy atom. The first-order valence-electron chi connectivity index (χ1n) is 6.22. The number of fused-ring (bicyclic) bond motifs is 1. The van der Waals surface area contributed by atoms with Crippen LogP contribution in [0.1, 0.15) is 12.8 Å². The molecule has 1 aromatic carbocycles. The summed E-state index contributed by atoms with van der Waals surface area (Å²) in [7, 11) is 0. The lowest BCUT2D eigenvalue weighted by molar-refractivity contribution is -0.138. The summed E-state index contributed by atoms with van der Waals surface area (Å²) in [6.45, 7) is -0.0767. The highest BCUT2D eigenvalue weighted by Gasteiger charge is 2.14. The number of benzene rings is 1. The van der Waals surface area contributed by atoms with E-state index >= 15 is 0 Å². The van der Waals surface area contributed by atoms with E-state index in [1.54, 1.807) is 18.2 Å². The number of carbonyl (C=O) groups excluding carboxylic acids is 2. The second kappa shape index (κ2) is 6.60. The molecule has 2 rings (SSSR count). The van der Waals surface area contributed by atoms with Gasteiger partial charge in [0.1, 0.15) is 0 Å². The minimum absolute atomic E-state index is 0.111. The van der Waals surface area contributed by atoms with Gasteiger partial charge in [0, 0.05) is 18.2 Å². The first kappa shape index (κ1) is 14.6. The molecule has 0 aliphatic carbocycles. The lowest BCUT2D eigenvalue weighted by Gasteiger charge is -2.07. The molecule has 1 aromatic rings. The van der Waals surface area contributed by atoms with E-state index in [0.717, 1.165) is 0 Å². The number of carboxylic acids is 1. The lowest BCUT2D eigenvalue weighted by atomic mass is 10.2. The molecule has 0 fully saturated rings. The maximum atomic E-state index is 11.6. The van der Waals surface area contributed by atoms with Crippen LogP contribution < -0.4 is 20.1 Å². The number of urea groups is 1. The van der Waals surface area contributed by atoms with E-state index in [0.29, 0.717) is 17.2 Å². The monoisotopic (exact) mass is 294 g/mol. The van der Waals surface area contributed by atoms with E-state index in [4.69, 9.17) is 14.6 Å². The number of carbonyl (C=O) groups is 3. The average Bonchev–Trinajstić information content (AvgIpc) is 2.90. The second-order valence-corrected chi connectivity index (χ2v) is 4.31. The van der Waals surface area contributed by atoms with Gasteiger partial charge < -0.3 is 25.2 Å². The fraction of sp³-hybridized carbons (Fsp3) is 0.308. The third-order valence-electron chi connectivity index (χ3n) is 2.69. The molecule has 1 heterocycles. The van der Waals surface area contributed by atoms with Crippen molar-refractivity contribution < 1.29 is 29.0 Å². The van der Waals surface area contributed by atoms with Crippen LogP contribution in [0.15, 0.2) is 18.2 Å². The summed E-state index contributed by atoms with van der Waals surface area (Å²) in [5.41, 5.74) is 0.495. The third kappa shape index (κ3) is 4.37. The number of ether oxygens (including phenoxy) is 2. The summed E-state index contributed by atoms with van der Waals surface area (Å²) in [5.74, 6) is -0.262. The minimum atomic E-state index is -1.05. The highest BCUT2D eigenvalue weighted by atomic mass is 16.7. The zero-order valence-electron chi connectivity index (χ0n) is 11.0. The van der Waals surface area contributed by atoms with Crippen molar-refractivity contribution in [1.29, 1.82) is 0 Å². The molecule has 8 nitrogen and oxygen atoms in total. The molecular formula is C13H14N2O6. The van der Waals surface area contributed by atoms with Crippen LogP contribution in [-0.2, 0) is 9.59 Å². The van der Waals surface area contributed by atoms with E-state index in [-0.39, 0.29) is 32.0 Å². The lowest BCUT2D eigenvalue weighted by Crippen LogP contribution is -2.33. The van der Waals surface area contributed by atoms with Gasteiger partial charge >= 0.3 is 12.0 Å². The third-order valence-corrected chi connectivity index (χ3v) is 2.69. The summed E-state index contributed by atoms with van der Waals surface area (Å²) >= 11 is 0. The molecule has 112 valence electrons. The van der Waals surface area contributed by atoms with Gasteiger partial charge in [-0.25, -0.2) is 4.79 Å². The highest BCUT2D eigenvalue weighted by Crippen LogP contribution is 2.34. The molecule has 2 amide bonds. The fourth-order valence-electron chi connectivity index (χ4n) is 1.66. The van der Waals surface area contributed by atoms with Crippen molar-refractivity contribution in [2.45, 2.75) is 12.8 Å². The Balaban J connectivity index is 1.77. The van der Waals surface area contributed by atoms with Gasteiger partial charge in [0.25, 0.3) is 0 Å². The van der Waals surface area contributed by atoms with Crippen molar-refractivity contribution in [3.63, 3.8) is 0 Å². The molecule has 0 unspecified atom stereocenters. The van der Waals surface area contributed by atoms with Crippen LogP contribution >= 0.6 is 0 Å². The number of amides is 2. The van der Waals surface area contributed by atoms with E-state index in [1.807, 2.05) is 0 Å². The maximum absolute atomic E-state index is 11.6. The fourth-order valence-corrected chi connectivity index (χ4v) is 1.66. The summed E-state index contributed by atoms with van der Waals surface area (Å²) in [5, 5.41) is 13.3. The summed E-state index contributed by atoms with van der Waals surface area (Å²) in [4.78, 5) is 33.2. The molecular weight excluding hydrogens is 280 g/mol. The molecule has 0 aromatic heterocycles. The Hall–Kier alpha value is -2.77. The highest BCUT2D eigenvalue weighted by molar-refractivity contribution is 5.93.